The third-order valence-electron chi connectivity index (χ3n) is 4.12. The second-order valence-electron chi connectivity index (χ2n) is 6.35. The molecule has 8 heteroatoms. The van der Waals surface area contributed by atoms with E-state index in [2.05, 4.69) is 10.4 Å². The highest BCUT2D eigenvalue weighted by Gasteiger charge is 2.15. The van der Waals surface area contributed by atoms with Crippen LogP contribution in [0.1, 0.15) is 15.9 Å². The topological polar surface area (TPSA) is 90.3 Å². The van der Waals surface area contributed by atoms with Crippen LogP contribution in [0.25, 0.3) is 0 Å². The number of carbonyl (C=O) groups excluding carboxylic acids is 1. The van der Waals surface area contributed by atoms with Crippen molar-refractivity contribution in [2.24, 2.45) is 0 Å². The van der Waals surface area contributed by atoms with E-state index in [-0.39, 0.29) is 10.8 Å². The number of anilines is 1. The molecule has 146 valence electrons. The molecule has 1 aromatic heterocycles. The Kier molecular flexibility index (Phi) is 5.79. The van der Waals surface area contributed by atoms with E-state index in [1.54, 1.807) is 48.1 Å². The van der Waals surface area contributed by atoms with Crippen LogP contribution in [0.2, 0.25) is 0 Å². The van der Waals surface area contributed by atoms with Gasteiger partial charge in [-0.25, -0.2) is 8.42 Å². The van der Waals surface area contributed by atoms with Crippen LogP contribution >= 0.6 is 0 Å². The van der Waals surface area contributed by atoms with Crippen LogP contribution < -0.4 is 10.1 Å². The highest BCUT2D eigenvalue weighted by Crippen LogP contribution is 2.20. The minimum Gasteiger partial charge on any atom is -0.492 e. The lowest BCUT2D eigenvalue weighted by atomic mass is 10.1. The van der Waals surface area contributed by atoms with Gasteiger partial charge in [-0.2, -0.15) is 5.10 Å². The van der Waals surface area contributed by atoms with E-state index in [1.807, 2.05) is 12.3 Å². The molecule has 1 heterocycles. The van der Waals surface area contributed by atoms with Crippen LogP contribution in [-0.2, 0) is 16.4 Å². The fourth-order valence-electron chi connectivity index (χ4n) is 2.63. The van der Waals surface area contributed by atoms with E-state index in [0.29, 0.717) is 35.7 Å². The van der Waals surface area contributed by atoms with Gasteiger partial charge in [-0.15, -0.1) is 0 Å². The van der Waals surface area contributed by atoms with Crippen molar-refractivity contribution in [3.63, 3.8) is 0 Å². The van der Waals surface area contributed by atoms with Gasteiger partial charge in [0.25, 0.3) is 5.91 Å². The van der Waals surface area contributed by atoms with E-state index in [0.717, 1.165) is 6.26 Å². The lowest BCUT2D eigenvalue weighted by Crippen LogP contribution is -2.14. The first-order chi connectivity index (χ1) is 13.3. The van der Waals surface area contributed by atoms with Gasteiger partial charge in [0, 0.05) is 36.0 Å². The summed E-state index contributed by atoms with van der Waals surface area (Å²) in [4.78, 5) is 12.7. The summed E-state index contributed by atoms with van der Waals surface area (Å²) in [5, 5.41) is 6.90. The van der Waals surface area contributed by atoms with Gasteiger partial charge in [-0.3, -0.25) is 9.48 Å². The highest BCUT2D eigenvalue weighted by molar-refractivity contribution is 7.90. The van der Waals surface area contributed by atoms with Crippen LogP contribution in [0.5, 0.6) is 5.75 Å². The largest absolute Gasteiger partial charge is 0.492 e. The number of carbonyl (C=O) groups is 1. The van der Waals surface area contributed by atoms with Gasteiger partial charge in [0.15, 0.2) is 9.84 Å². The van der Waals surface area contributed by atoms with Gasteiger partial charge < -0.3 is 10.1 Å². The molecule has 0 fully saturated rings. The number of hydrogen-bond donors (Lipinski definition) is 1. The van der Waals surface area contributed by atoms with Gasteiger partial charge in [0.05, 0.1) is 11.4 Å². The Morgan fingerprint density at radius 1 is 1.18 bits per heavy atom. The Labute approximate surface area is 163 Å². The number of nitrogens with zero attached hydrogens (tertiary/aromatic N) is 2. The smallest absolute Gasteiger partial charge is 0.255 e. The standard InChI is InChI=1S/C20H21N3O4S/c1-15-7-8-18(28(2,25)26)14-19(15)20(24)22-16-5-3-6-17(13-16)27-12-11-23-10-4-9-21-23/h3-10,13-14H,11-12H2,1-2H3,(H,22,24). The summed E-state index contributed by atoms with van der Waals surface area (Å²) < 4.78 is 31.0. The van der Waals surface area contributed by atoms with Crippen LogP contribution in [0.4, 0.5) is 5.69 Å². The maximum Gasteiger partial charge on any atom is 0.255 e. The summed E-state index contributed by atoms with van der Waals surface area (Å²) in [6.45, 7) is 2.81. The average molecular weight is 399 g/mol. The van der Waals surface area contributed by atoms with Crippen LogP contribution in [0.15, 0.2) is 65.8 Å². The quantitative estimate of drug-likeness (QED) is 0.660. The van der Waals surface area contributed by atoms with Crippen molar-refractivity contribution in [1.29, 1.82) is 0 Å². The molecule has 1 N–H and O–H groups in total. The first-order valence-corrected chi connectivity index (χ1v) is 10.5. The Hall–Kier alpha value is -3.13. The fraction of sp³-hybridized carbons (Fsp3) is 0.200. The van der Waals surface area contributed by atoms with Crippen LogP contribution in [0.3, 0.4) is 0 Å². The van der Waals surface area contributed by atoms with Crippen molar-refractivity contribution >= 4 is 21.4 Å². The molecule has 3 rings (SSSR count). The molecule has 0 spiro atoms. The fourth-order valence-corrected chi connectivity index (χ4v) is 3.28. The molecule has 0 aliphatic carbocycles. The molecule has 7 nitrogen and oxygen atoms in total. The van der Waals surface area contributed by atoms with Crippen molar-refractivity contribution in [2.45, 2.75) is 18.4 Å². The second-order valence-corrected chi connectivity index (χ2v) is 8.36. The summed E-state index contributed by atoms with van der Waals surface area (Å²) in [6.07, 6.45) is 4.67. The highest BCUT2D eigenvalue weighted by atomic mass is 32.2. The van der Waals surface area contributed by atoms with E-state index in [9.17, 15) is 13.2 Å². The van der Waals surface area contributed by atoms with E-state index >= 15 is 0 Å². The van der Waals surface area contributed by atoms with Gasteiger partial charge in [0.1, 0.15) is 12.4 Å². The summed E-state index contributed by atoms with van der Waals surface area (Å²) in [5.74, 6) is 0.239. The number of sulfone groups is 1. The molecule has 3 aromatic rings. The molecular weight excluding hydrogens is 378 g/mol. The molecule has 0 unspecified atom stereocenters. The van der Waals surface area contributed by atoms with Gasteiger partial charge in [-0.05, 0) is 42.8 Å². The van der Waals surface area contributed by atoms with E-state index in [4.69, 9.17) is 4.74 Å². The Morgan fingerprint density at radius 3 is 2.71 bits per heavy atom. The minimum atomic E-state index is -3.39. The predicted molar refractivity (Wildman–Crippen MR) is 106 cm³/mol. The van der Waals surface area contributed by atoms with Crippen molar-refractivity contribution in [3.05, 3.63) is 72.1 Å². The zero-order chi connectivity index (χ0) is 20.1. The van der Waals surface area contributed by atoms with Crippen molar-refractivity contribution < 1.29 is 17.9 Å². The van der Waals surface area contributed by atoms with E-state index < -0.39 is 9.84 Å². The number of aryl methyl sites for hydroxylation is 1. The molecule has 0 atom stereocenters. The molecule has 0 aliphatic rings. The average Bonchev–Trinajstić information content (AvgIpc) is 3.15. The van der Waals surface area contributed by atoms with Gasteiger partial charge in [0.2, 0.25) is 0 Å². The van der Waals surface area contributed by atoms with Gasteiger partial charge >= 0.3 is 0 Å². The maximum absolute atomic E-state index is 12.6. The SMILES string of the molecule is Cc1ccc(S(C)(=O)=O)cc1C(=O)Nc1cccc(OCCn2cccn2)c1. The number of aromatic nitrogens is 2. The van der Waals surface area contributed by atoms with Crippen LogP contribution in [-0.4, -0.2) is 37.0 Å². The predicted octanol–water partition coefficient (Wildman–Crippen LogP) is 2.93. The number of ether oxygens (including phenoxy) is 1. The zero-order valence-electron chi connectivity index (χ0n) is 15.6. The number of rotatable bonds is 7. The monoisotopic (exact) mass is 399 g/mol. The molecule has 0 radical (unpaired) electrons. The summed E-state index contributed by atoms with van der Waals surface area (Å²) in [6, 6.07) is 13.4. The second kappa shape index (κ2) is 8.26. The Morgan fingerprint density at radius 2 is 2.00 bits per heavy atom. The summed E-state index contributed by atoms with van der Waals surface area (Å²) >= 11 is 0. The summed E-state index contributed by atoms with van der Waals surface area (Å²) in [5.41, 5.74) is 1.57. The molecule has 0 saturated carbocycles. The third kappa shape index (κ3) is 4.98. The number of nitrogens with one attached hydrogen (secondary N) is 1. The Balaban J connectivity index is 1.69. The number of amides is 1. The van der Waals surface area contributed by atoms with Crippen molar-refractivity contribution in [2.75, 3.05) is 18.2 Å². The zero-order valence-corrected chi connectivity index (χ0v) is 16.4. The molecule has 28 heavy (non-hydrogen) atoms. The molecule has 0 saturated heterocycles. The lowest BCUT2D eigenvalue weighted by molar-refractivity contribution is 0.102. The first-order valence-electron chi connectivity index (χ1n) is 8.65. The minimum absolute atomic E-state index is 0.110. The van der Waals surface area contributed by atoms with Crippen molar-refractivity contribution in [3.8, 4) is 5.75 Å². The maximum atomic E-state index is 12.6. The normalized spacial score (nSPS) is 11.2. The molecule has 2 aromatic carbocycles. The van der Waals surface area contributed by atoms with Gasteiger partial charge in [-0.1, -0.05) is 12.1 Å². The number of hydrogen-bond acceptors (Lipinski definition) is 5. The Bertz CT molecular complexity index is 1080. The van der Waals surface area contributed by atoms with E-state index in [1.165, 1.54) is 12.1 Å². The molecule has 0 aliphatic heterocycles. The summed E-state index contributed by atoms with van der Waals surface area (Å²) in [7, 11) is -3.39. The lowest BCUT2D eigenvalue weighted by Gasteiger charge is -2.11. The molecule has 0 bridgehead atoms. The molecular formula is C20H21N3O4S. The van der Waals surface area contributed by atoms with Crippen molar-refractivity contribution in [1.82, 2.24) is 9.78 Å². The molecule has 1 amide bonds. The first kappa shape index (κ1) is 19.6. The van der Waals surface area contributed by atoms with Crippen LogP contribution in [0, 0.1) is 6.92 Å². The number of benzene rings is 2. The third-order valence-corrected chi connectivity index (χ3v) is 5.23.